The number of fused-ring (bicyclic) bond motifs is 16. The normalized spacial score (nSPS) is 36.6. The molecule has 2 heterocycles. The summed E-state index contributed by atoms with van der Waals surface area (Å²) in [5.74, 6) is 5.26. The van der Waals surface area contributed by atoms with Crippen LogP contribution in [0.2, 0.25) is 0 Å². The number of hydrogen-bond acceptors (Lipinski definition) is 6. The molecular weight excluding hydrogens is 504 g/mol. The second-order valence-electron chi connectivity index (χ2n) is 12.5. The lowest BCUT2D eigenvalue weighted by Gasteiger charge is -2.23. The highest BCUT2D eigenvalue weighted by Gasteiger charge is 2.56. The zero-order valence-electron chi connectivity index (χ0n) is 22.5. The Morgan fingerprint density at radius 2 is 1.07 bits per heavy atom. The topological polar surface area (TPSA) is 85.2 Å². The maximum absolute atomic E-state index is 10.8. The van der Waals surface area contributed by atoms with Crippen LogP contribution in [-0.2, 0) is 0 Å². The van der Waals surface area contributed by atoms with Crippen LogP contribution in [0.3, 0.4) is 0 Å². The lowest BCUT2D eigenvalue weighted by molar-refractivity contribution is 0.0986. The first-order valence-electron chi connectivity index (χ1n) is 14.5. The Kier molecular flexibility index (Phi) is 4.68. The van der Waals surface area contributed by atoms with Crippen molar-refractivity contribution in [3.63, 3.8) is 0 Å². The van der Waals surface area contributed by atoms with E-state index in [1.807, 2.05) is 12.1 Å². The molecule has 2 aromatic carbocycles. The van der Waals surface area contributed by atoms with Crippen molar-refractivity contribution in [3.05, 3.63) is 83.3 Å². The number of hydrogen-bond donors (Lipinski definition) is 2. The van der Waals surface area contributed by atoms with E-state index in [4.69, 9.17) is 18.3 Å². The predicted octanol–water partition coefficient (Wildman–Crippen LogP) is 6.79. The monoisotopic (exact) mass is 536 g/mol. The van der Waals surface area contributed by atoms with Gasteiger partial charge in [0.2, 0.25) is 0 Å². The van der Waals surface area contributed by atoms with Gasteiger partial charge in [0, 0.05) is 23.0 Å². The molecule has 4 aromatic rings. The third kappa shape index (κ3) is 2.76. The summed E-state index contributed by atoms with van der Waals surface area (Å²) >= 11 is 0. The van der Waals surface area contributed by atoms with Gasteiger partial charge in [0.15, 0.2) is 0 Å². The van der Waals surface area contributed by atoms with Gasteiger partial charge < -0.3 is 28.5 Å². The van der Waals surface area contributed by atoms with Crippen LogP contribution in [0.25, 0.3) is 21.9 Å². The molecule has 10 rings (SSSR count). The van der Waals surface area contributed by atoms with Gasteiger partial charge in [0.1, 0.15) is 22.7 Å². The predicted molar refractivity (Wildman–Crippen MR) is 149 cm³/mol. The minimum atomic E-state index is -0.413. The Morgan fingerprint density at radius 1 is 0.650 bits per heavy atom. The minimum Gasteiger partial charge on any atom is -0.496 e. The number of benzene rings is 2. The van der Waals surface area contributed by atoms with E-state index in [-0.39, 0.29) is 0 Å². The summed E-state index contributed by atoms with van der Waals surface area (Å²) in [4.78, 5) is 0. The highest BCUT2D eigenvalue weighted by molar-refractivity contribution is 5.88. The molecule has 6 nitrogen and oxygen atoms in total. The molecule has 0 amide bonds. The summed E-state index contributed by atoms with van der Waals surface area (Å²) < 4.78 is 22.4. The highest BCUT2D eigenvalue weighted by atomic mass is 16.5. The molecule has 2 N–H and O–H groups in total. The van der Waals surface area contributed by atoms with E-state index in [0.29, 0.717) is 47.3 Å². The molecule has 0 spiro atoms. The fourth-order valence-electron chi connectivity index (χ4n) is 9.68. The maximum Gasteiger partial charge on any atom is 0.137 e. The van der Waals surface area contributed by atoms with Gasteiger partial charge in [-0.3, -0.25) is 0 Å². The van der Waals surface area contributed by atoms with Crippen molar-refractivity contribution in [2.75, 3.05) is 14.2 Å². The van der Waals surface area contributed by atoms with Crippen molar-refractivity contribution in [2.45, 2.75) is 36.9 Å². The smallest absolute Gasteiger partial charge is 0.137 e. The average molecular weight is 537 g/mol. The van der Waals surface area contributed by atoms with Crippen molar-refractivity contribution < 1.29 is 28.5 Å². The van der Waals surface area contributed by atoms with Crippen LogP contribution in [-0.4, -0.2) is 24.4 Å². The Bertz CT molecular complexity index is 1610. The van der Waals surface area contributed by atoms with Crippen molar-refractivity contribution >= 4 is 21.9 Å². The molecule has 0 aliphatic heterocycles. The molecule has 10 atom stereocenters. The van der Waals surface area contributed by atoms with Gasteiger partial charge >= 0.3 is 0 Å². The van der Waals surface area contributed by atoms with Gasteiger partial charge in [-0.05, 0) is 83.7 Å². The first-order chi connectivity index (χ1) is 19.6. The third-order valence-electron chi connectivity index (χ3n) is 11.1. The third-order valence-corrected chi connectivity index (χ3v) is 11.1. The number of allylic oxidation sites excluding steroid dienone is 4. The van der Waals surface area contributed by atoms with Crippen LogP contribution in [0.4, 0.5) is 0 Å². The molecule has 204 valence electrons. The van der Waals surface area contributed by atoms with Crippen LogP contribution in [0, 0.1) is 35.5 Å². The number of aliphatic hydroxyl groups is 2. The maximum atomic E-state index is 10.8. The summed E-state index contributed by atoms with van der Waals surface area (Å²) in [7, 11) is 3.35. The Hall–Kier alpha value is -3.48. The van der Waals surface area contributed by atoms with E-state index in [0.717, 1.165) is 44.6 Å². The molecule has 2 fully saturated rings. The van der Waals surface area contributed by atoms with Crippen molar-refractivity contribution in [1.82, 2.24) is 0 Å². The molecule has 6 aliphatic rings. The van der Waals surface area contributed by atoms with E-state index in [1.54, 1.807) is 26.7 Å². The van der Waals surface area contributed by atoms with Crippen LogP contribution >= 0.6 is 0 Å². The lowest BCUT2D eigenvalue weighted by Crippen LogP contribution is -2.16. The molecule has 4 bridgehead atoms. The zero-order chi connectivity index (χ0) is 26.9. The van der Waals surface area contributed by atoms with Gasteiger partial charge in [-0.25, -0.2) is 0 Å². The molecule has 40 heavy (non-hydrogen) atoms. The molecule has 2 aromatic heterocycles. The number of methoxy groups -OCH3 is 2. The summed E-state index contributed by atoms with van der Waals surface area (Å²) in [6.07, 6.45) is 14.1. The van der Waals surface area contributed by atoms with Gasteiger partial charge in [0.25, 0.3) is 0 Å². The van der Waals surface area contributed by atoms with Gasteiger partial charge in [-0.2, -0.15) is 0 Å². The summed E-state index contributed by atoms with van der Waals surface area (Å²) in [5.41, 5.74) is 6.18. The van der Waals surface area contributed by atoms with Crippen LogP contribution < -0.4 is 9.47 Å². The minimum absolute atomic E-state index is 0.320. The Balaban J connectivity index is 0.000000115. The van der Waals surface area contributed by atoms with E-state index < -0.39 is 12.2 Å². The SMILES string of the molecule is COc1c2c(cc3occc13)[C@H]1[C@@H]([C@@H]2O)[C@H]2C=C[C@@H]1C2.COc1c2c(cc3occc13)[C@H]1[C@@H]([C@@H]2O)[C@H]2C=C[C@@H]1C2. The molecule has 0 unspecified atom stereocenters. The number of rotatable bonds is 2. The van der Waals surface area contributed by atoms with Gasteiger partial charge in [-0.1, -0.05) is 24.3 Å². The average Bonchev–Trinajstić information content (AvgIpc) is 3.81. The second kappa shape index (κ2) is 8.05. The fraction of sp³-hybridized carbons (Fsp3) is 0.412. The van der Waals surface area contributed by atoms with Gasteiger partial charge in [0.05, 0.1) is 49.7 Å². The summed E-state index contributed by atoms with van der Waals surface area (Å²) in [5, 5.41) is 23.6. The van der Waals surface area contributed by atoms with E-state index in [1.165, 1.54) is 24.0 Å². The first kappa shape index (κ1) is 23.2. The van der Waals surface area contributed by atoms with E-state index in [2.05, 4.69) is 36.4 Å². The van der Waals surface area contributed by atoms with Crippen LogP contribution in [0.5, 0.6) is 11.5 Å². The van der Waals surface area contributed by atoms with E-state index in [9.17, 15) is 10.2 Å². The highest BCUT2D eigenvalue weighted by Crippen LogP contribution is 2.65. The number of aliphatic hydroxyl groups excluding tert-OH is 2. The van der Waals surface area contributed by atoms with Crippen molar-refractivity contribution in [1.29, 1.82) is 0 Å². The fourth-order valence-corrected chi connectivity index (χ4v) is 9.68. The molecule has 2 saturated carbocycles. The quantitative estimate of drug-likeness (QED) is 0.275. The molecule has 6 aliphatic carbocycles. The summed E-state index contributed by atoms with van der Waals surface area (Å²) in [6, 6.07) is 8.08. The standard InChI is InChI=1S/2C17H16O3/c2*1-19-17-10-4-5-20-12(10)7-11-13-8-2-3-9(6-8)14(13)16(18)15(11)17/h2*2-5,7-9,13-14,16,18H,6H2,1H3/t2*8-,9+,13+,14+,16+/m11/s1. The van der Waals surface area contributed by atoms with Crippen molar-refractivity contribution in [2.24, 2.45) is 35.5 Å². The largest absolute Gasteiger partial charge is 0.496 e. The van der Waals surface area contributed by atoms with Crippen molar-refractivity contribution in [3.8, 4) is 11.5 Å². The molecule has 0 radical (unpaired) electrons. The first-order valence-corrected chi connectivity index (χ1v) is 14.5. The molecule has 6 heteroatoms. The molecule has 0 saturated heterocycles. The number of furan rings is 2. The van der Waals surface area contributed by atoms with E-state index >= 15 is 0 Å². The van der Waals surface area contributed by atoms with Crippen LogP contribution in [0.15, 0.2) is 69.9 Å². The lowest BCUT2D eigenvalue weighted by atomic mass is 9.83. The number of ether oxygens (including phenoxy) is 2. The van der Waals surface area contributed by atoms with Crippen LogP contribution in [0.1, 0.15) is 59.1 Å². The summed E-state index contributed by atoms with van der Waals surface area (Å²) in [6.45, 7) is 0. The Labute approximate surface area is 231 Å². The van der Waals surface area contributed by atoms with Gasteiger partial charge in [-0.15, -0.1) is 0 Å². The zero-order valence-corrected chi connectivity index (χ0v) is 22.5. The molecular formula is C34H32O6. The Morgan fingerprint density at radius 3 is 1.50 bits per heavy atom. The second-order valence-corrected chi connectivity index (χ2v) is 12.5.